The van der Waals surface area contributed by atoms with E-state index in [4.69, 9.17) is 17.0 Å². The van der Waals surface area contributed by atoms with Crippen molar-refractivity contribution < 1.29 is 4.74 Å². The summed E-state index contributed by atoms with van der Waals surface area (Å²) in [5.41, 5.74) is 1.02. The molecule has 2 heterocycles. The van der Waals surface area contributed by atoms with Gasteiger partial charge < -0.3 is 9.30 Å². The summed E-state index contributed by atoms with van der Waals surface area (Å²) in [4.78, 5) is 4.02. The molecule has 6 heteroatoms. The molecule has 2 aromatic rings. The van der Waals surface area contributed by atoms with E-state index in [1.165, 1.54) is 12.8 Å². The van der Waals surface area contributed by atoms with Crippen LogP contribution in [0.5, 0.6) is 0 Å². The number of nitrogens with one attached hydrogen (secondary N) is 1. The number of pyridine rings is 1. The Morgan fingerprint density at radius 3 is 2.90 bits per heavy atom. The zero-order chi connectivity index (χ0) is 13.8. The first-order chi connectivity index (χ1) is 9.84. The molecule has 1 fully saturated rings. The van der Waals surface area contributed by atoms with Crippen molar-refractivity contribution in [1.82, 2.24) is 19.7 Å². The average Bonchev–Trinajstić information content (AvgIpc) is 3.23. The molecule has 0 spiro atoms. The zero-order valence-electron chi connectivity index (χ0n) is 11.3. The highest BCUT2D eigenvalue weighted by Gasteiger charge is 2.20. The van der Waals surface area contributed by atoms with Gasteiger partial charge >= 0.3 is 0 Å². The predicted octanol–water partition coefficient (Wildman–Crippen LogP) is 2.82. The molecule has 106 valence electrons. The van der Waals surface area contributed by atoms with E-state index in [2.05, 4.69) is 15.2 Å². The molecule has 0 unspecified atom stereocenters. The topological polar surface area (TPSA) is 55.7 Å². The van der Waals surface area contributed by atoms with Crippen LogP contribution in [-0.4, -0.2) is 33.0 Å². The molecule has 0 bridgehead atoms. The van der Waals surface area contributed by atoms with Crippen LogP contribution in [0.2, 0.25) is 0 Å². The van der Waals surface area contributed by atoms with E-state index < -0.39 is 0 Å². The molecule has 0 atom stereocenters. The maximum atomic E-state index is 5.65. The summed E-state index contributed by atoms with van der Waals surface area (Å²) in [7, 11) is 0. The Bertz CT molecular complexity index is 603. The Morgan fingerprint density at radius 1 is 1.35 bits per heavy atom. The van der Waals surface area contributed by atoms with E-state index in [0.717, 1.165) is 43.5 Å². The van der Waals surface area contributed by atoms with Crippen LogP contribution in [0.4, 0.5) is 0 Å². The first kappa shape index (κ1) is 13.5. The van der Waals surface area contributed by atoms with Crippen molar-refractivity contribution in [1.29, 1.82) is 0 Å². The monoisotopic (exact) mass is 290 g/mol. The second kappa shape index (κ2) is 6.28. The minimum absolute atomic E-state index is 0.652. The third-order valence-electron chi connectivity index (χ3n) is 3.42. The van der Waals surface area contributed by atoms with Crippen LogP contribution in [0.1, 0.15) is 19.3 Å². The Kier molecular flexibility index (Phi) is 4.22. The van der Waals surface area contributed by atoms with E-state index in [9.17, 15) is 0 Å². The highest BCUT2D eigenvalue weighted by atomic mass is 32.1. The lowest BCUT2D eigenvalue weighted by atomic mass is 10.2. The summed E-state index contributed by atoms with van der Waals surface area (Å²) in [5.74, 6) is 1.68. The Labute approximate surface area is 123 Å². The second-order valence-electron chi connectivity index (χ2n) is 5.11. The molecule has 20 heavy (non-hydrogen) atoms. The van der Waals surface area contributed by atoms with Gasteiger partial charge in [-0.25, -0.2) is 0 Å². The summed E-state index contributed by atoms with van der Waals surface area (Å²) in [5, 5.41) is 7.16. The number of nitrogens with zero attached hydrogens (tertiary/aromatic N) is 3. The Hall–Kier alpha value is -1.53. The van der Waals surface area contributed by atoms with Gasteiger partial charge in [-0.05, 0) is 49.5 Å². The maximum absolute atomic E-state index is 5.65. The summed E-state index contributed by atoms with van der Waals surface area (Å²) >= 11 is 5.29. The van der Waals surface area contributed by atoms with Gasteiger partial charge in [-0.2, -0.15) is 5.10 Å². The molecular formula is C14H18N4OS. The fourth-order valence-electron chi connectivity index (χ4n) is 2.11. The van der Waals surface area contributed by atoms with Gasteiger partial charge in [-0.1, -0.05) is 0 Å². The quantitative estimate of drug-likeness (QED) is 0.629. The van der Waals surface area contributed by atoms with E-state index in [1.807, 2.05) is 16.7 Å². The SMILES string of the molecule is S=c1[nH]nc(-c2ccncc2)n1CCCOCC1CC1. The van der Waals surface area contributed by atoms with Crippen molar-refractivity contribution >= 4 is 12.2 Å². The van der Waals surface area contributed by atoms with E-state index in [-0.39, 0.29) is 0 Å². The largest absolute Gasteiger partial charge is 0.381 e. The van der Waals surface area contributed by atoms with Crippen molar-refractivity contribution in [3.05, 3.63) is 29.3 Å². The standard InChI is InChI=1S/C14H18N4OS/c20-14-17-16-13(12-4-6-15-7-5-12)18(14)8-1-9-19-10-11-2-3-11/h4-7,11H,1-3,8-10H2,(H,17,20). The number of H-pyrrole nitrogens is 1. The molecule has 1 N–H and O–H groups in total. The van der Waals surface area contributed by atoms with Gasteiger partial charge in [-0.3, -0.25) is 10.1 Å². The third kappa shape index (κ3) is 3.32. The molecular weight excluding hydrogens is 272 g/mol. The van der Waals surface area contributed by atoms with Gasteiger partial charge in [-0.15, -0.1) is 0 Å². The molecule has 5 nitrogen and oxygen atoms in total. The van der Waals surface area contributed by atoms with Crippen molar-refractivity contribution in [3.63, 3.8) is 0 Å². The first-order valence-corrected chi connectivity index (χ1v) is 7.39. The Morgan fingerprint density at radius 2 is 2.15 bits per heavy atom. The number of aromatic nitrogens is 4. The van der Waals surface area contributed by atoms with Crippen LogP contribution in [-0.2, 0) is 11.3 Å². The summed E-state index contributed by atoms with van der Waals surface area (Å²) in [6, 6.07) is 3.87. The van der Waals surface area contributed by atoms with E-state index in [0.29, 0.717) is 4.77 Å². The number of aromatic amines is 1. The average molecular weight is 290 g/mol. The van der Waals surface area contributed by atoms with Crippen LogP contribution in [0.15, 0.2) is 24.5 Å². The summed E-state index contributed by atoms with van der Waals surface area (Å²) < 4.78 is 8.32. The van der Waals surface area contributed by atoms with Crippen molar-refractivity contribution in [3.8, 4) is 11.4 Å². The van der Waals surface area contributed by atoms with E-state index >= 15 is 0 Å². The van der Waals surface area contributed by atoms with Gasteiger partial charge in [0.2, 0.25) is 0 Å². The highest BCUT2D eigenvalue weighted by molar-refractivity contribution is 7.71. The lowest BCUT2D eigenvalue weighted by Gasteiger charge is -2.07. The summed E-state index contributed by atoms with van der Waals surface area (Å²) in [6.45, 7) is 2.50. The minimum atomic E-state index is 0.652. The van der Waals surface area contributed by atoms with Gasteiger partial charge in [0, 0.05) is 37.7 Å². The van der Waals surface area contributed by atoms with Crippen LogP contribution in [0.3, 0.4) is 0 Å². The second-order valence-corrected chi connectivity index (χ2v) is 5.50. The smallest absolute Gasteiger partial charge is 0.195 e. The minimum Gasteiger partial charge on any atom is -0.381 e. The molecule has 2 aromatic heterocycles. The molecule has 0 saturated heterocycles. The molecule has 0 aliphatic heterocycles. The molecule has 3 rings (SSSR count). The fourth-order valence-corrected chi connectivity index (χ4v) is 2.33. The lowest BCUT2D eigenvalue weighted by molar-refractivity contribution is 0.119. The number of hydrogen-bond donors (Lipinski definition) is 1. The van der Waals surface area contributed by atoms with Crippen molar-refractivity contribution in [2.75, 3.05) is 13.2 Å². The predicted molar refractivity (Wildman–Crippen MR) is 78.8 cm³/mol. The van der Waals surface area contributed by atoms with Crippen LogP contribution in [0, 0.1) is 10.7 Å². The van der Waals surface area contributed by atoms with Gasteiger partial charge in [0.05, 0.1) is 0 Å². The molecule has 0 aromatic carbocycles. The number of ether oxygens (including phenoxy) is 1. The number of hydrogen-bond acceptors (Lipinski definition) is 4. The van der Waals surface area contributed by atoms with Gasteiger partial charge in [0.25, 0.3) is 0 Å². The fraction of sp³-hybridized carbons (Fsp3) is 0.500. The van der Waals surface area contributed by atoms with Crippen LogP contribution in [0.25, 0.3) is 11.4 Å². The van der Waals surface area contributed by atoms with Crippen LogP contribution >= 0.6 is 12.2 Å². The summed E-state index contributed by atoms with van der Waals surface area (Å²) in [6.07, 6.45) is 7.13. The first-order valence-electron chi connectivity index (χ1n) is 6.98. The van der Waals surface area contributed by atoms with Gasteiger partial charge in [0.15, 0.2) is 10.6 Å². The maximum Gasteiger partial charge on any atom is 0.195 e. The molecule has 1 aliphatic rings. The lowest BCUT2D eigenvalue weighted by Crippen LogP contribution is -2.06. The van der Waals surface area contributed by atoms with Gasteiger partial charge in [0.1, 0.15) is 0 Å². The normalized spacial score (nSPS) is 14.6. The van der Waals surface area contributed by atoms with E-state index in [1.54, 1.807) is 12.4 Å². The van der Waals surface area contributed by atoms with Crippen molar-refractivity contribution in [2.45, 2.75) is 25.8 Å². The Balaban J connectivity index is 1.60. The van der Waals surface area contributed by atoms with Crippen molar-refractivity contribution in [2.24, 2.45) is 5.92 Å². The molecule has 0 amide bonds. The number of rotatable bonds is 7. The zero-order valence-corrected chi connectivity index (χ0v) is 12.1. The highest BCUT2D eigenvalue weighted by Crippen LogP contribution is 2.28. The molecule has 0 radical (unpaired) electrons. The van der Waals surface area contributed by atoms with Crippen LogP contribution < -0.4 is 0 Å². The third-order valence-corrected chi connectivity index (χ3v) is 3.73. The molecule has 1 aliphatic carbocycles. The molecule has 1 saturated carbocycles.